The molecule has 5 nitrogen and oxygen atoms in total. The van der Waals surface area contributed by atoms with Crippen LogP contribution in [0.3, 0.4) is 0 Å². The smallest absolute Gasteiger partial charge is 0.358 e. The number of benzene rings is 1. The first-order chi connectivity index (χ1) is 9.21. The van der Waals surface area contributed by atoms with Crippen molar-refractivity contribution in [2.75, 3.05) is 0 Å². The maximum Gasteiger partial charge on any atom is 0.358 e. The first-order valence-electron chi connectivity index (χ1n) is 5.86. The lowest BCUT2D eigenvalue weighted by molar-refractivity contribution is 0.0687. The number of rotatable bonds is 2. The molecule has 1 N–H and O–H groups in total. The molecule has 0 bridgehead atoms. The summed E-state index contributed by atoms with van der Waals surface area (Å²) in [4.78, 5) is 11.3. The van der Waals surface area contributed by atoms with E-state index in [2.05, 4.69) is 26.2 Å². The van der Waals surface area contributed by atoms with E-state index < -0.39 is 17.2 Å². The van der Waals surface area contributed by atoms with Crippen molar-refractivity contribution >= 4 is 21.9 Å². The molecule has 1 aromatic heterocycles. The van der Waals surface area contributed by atoms with Crippen molar-refractivity contribution < 1.29 is 14.3 Å². The Morgan fingerprint density at radius 3 is 2.60 bits per heavy atom. The van der Waals surface area contributed by atoms with Gasteiger partial charge in [-0.05, 0) is 28.1 Å². The Morgan fingerprint density at radius 2 is 2.05 bits per heavy atom. The van der Waals surface area contributed by atoms with Gasteiger partial charge in [0.2, 0.25) is 0 Å². The molecule has 7 heteroatoms. The van der Waals surface area contributed by atoms with E-state index in [9.17, 15) is 14.3 Å². The molecule has 0 radical (unpaired) electrons. The van der Waals surface area contributed by atoms with Gasteiger partial charge in [0.15, 0.2) is 5.69 Å². The molecule has 0 spiro atoms. The van der Waals surface area contributed by atoms with Crippen LogP contribution in [0.5, 0.6) is 0 Å². The third-order valence-corrected chi connectivity index (χ3v) is 3.39. The van der Waals surface area contributed by atoms with E-state index in [0.29, 0.717) is 15.9 Å². The number of nitrogens with zero attached hydrogens (tertiary/aromatic N) is 3. The fraction of sp³-hybridized carbons (Fsp3) is 0.308. The summed E-state index contributed by atoms with van der Waals surface area (Å²) in [7, 11) is 0. The molecule has 0 atom stereocenters. The van der Waals surface area contributed by atoms with Gasteiger partial charge < -0.3 is 5.11 Å². The molecule has 1 heterocycles. The number of carbonyl (C=O) groups is 1. The molecule has 0 amide bonds. The zero-order chi connectivity index (χ0) is 15.1. The van der Waals surface area contributed by atoms with Gasteiger partial charge in [-0.15, -0.1) is 5.10 Å². The van der Waals surface area contributed by atoms with E-state index in [1.165, 1.54) is 16.8 Å². The van der Waals surface area contributed by atoms with Gasteiger partial charge in [-0.3, -0.25) is 0 Å². The van der Waals surface area contributed by atoms with E-state index in [1.54, 1.807) is 6.07 Å². The standard InChI is InChI=1S/C13H13BrFN3O2/c1-13(2,3)11-10(12(19)20)16-17-18(11)9-6-7(15)4-5-8(9)14/h4-6H,1-3H3,(H,19,20). The van der Waals surface area contributed by atoms with E-state index in [4.69, 9.17) is 0 Å². The largest absolute Gasteiger partial charge is 0.476 e. The minimum absolute atomic E-state index is 0.131. The van der Waals surface area contributed by atoms with Crippen molar-refractivity contribution in [3.63, 3.8) is 0 Å². The second-order valence-electron chi connectivity index (χ2n) is 5.35. The second kappa shape index (κ2) is 4.97. The number of aromatic carboxylic acids is 1. The lowest BCUT2D eigenvalue weighted by atomic mass is 9.90. The predicted octanol–water partition coefficient (Wildman–Crippen LogP) is 3.16. The predicted molar refractivity (Wildman–Crippen MR) is 74.7 cm³/mol. The molecular weight excluding hydrogens is 329 g/mol. The third kappa shape index (κ3) is 2.58. The number of carboxylic acid groups (broad SMARTS) is 1. The molecule has 2 rings (SSSR count). The van der Waals surface area contributed by atoms with Crippen LogP contribution in [-0.2, 0) is 5.41 Å². The highest BCUT2D eigenvalue weighted by Gasteiger charge is 2.30. The molecule has 0 aliphatic heterocycles. The van der Waals surface area contributed by atoms with Gasteiger partial charge >= 0.3 is 5.97 Å². The molecule has 2 aromatic rings. The molecule has 1 aromatic carbocycles. The first-order valence-corrected chi connectivity index (χ1v) is 6.66. The SMILES string of the molecule is CC(C)(C)c1c(C(=O)O)nnn1-c1cc(F)ccc1Br. The minimum atomic E-state index is -1.16. The summed E-state index contributed by atoms with van der Waals surface area (Å²) in [5, 5.41) is 16.8. The summed E-state index contributed by atoms with van der Waals surface area (Å²) >= 11 is 3.31. The summed E-state index contributed by atoms with van der Waals surface area (Å²) in [5.41, 5.74) is 0.183. The van der Waals surface area contributed by atoms with Crippen molar-refractivity contribution in [2.45, 2.75) is 26.2 Å². The van der Waals surface area contributed by atoms with Crippen molar-refractivity contribution in [1.82, 2.24) is 15.0 Å². The van der Waals surface area contributed by atoms with Crippen LogP contribution in [0.4, 0.5) is 4.39 Å². The van der Waals surface area contributed by atoms with Crippen LogP contribution < -0.4 is 0 Å². The van der Waals surface area contributed by atoms with Gasteiger partial charge in [-0.1, -0.05) is 26.0 Å². The Balaban J connectivity index is 2.75. The quantitative estimate of drug-likeness (QED) is 0.910. The number of hydrogen-bond acceptors (Lipinski definition) is 3. The van der Waals surface area contributed by atoms with Crippen LogP contribution in [0.25, 0.3) is 5.69 Å². The highest BCUT2D eigenvalue weighted by atomic mass is 79.9. The van der Waals surface area contributed by atoms with Crippen LogP contribution in [0, 0.1) is 5.82 Å². The Morgan fingerprint density at radius 1 is 1.40 bits per heavy atom. The number of aromatic nitrogens is 3. The maximum absolute atomic E-state index is 13.4. The topological polar surface area (TPSA) is 68.0 Å². The maximum atomic E-state index is 13.4. The average Bonchev–Trinajstić information content (AvgIpc) is 2.76. The van der Waals surface area contributed by atoms with Gasteiger partial charge in [0.05, 0.1) is 11.4 Å². The summed E-state index contributed by atoms with van der Waals surface area (Å²) < 4.78 is 15.4. The minimum Gasteiger partial charge on any atom is -0.476 e. The molecule has 20 heavy (non-hydrogen) atoms. The van der Waals surface area contributed by atoms with Gasteiger partial charge in [-0.2, -0.15) is 0 Å². The van der Waals surface area contributed by atoms with Crippen LogP contribution in [0.2, 0.25) is 0 Å². The Bertz CT molecular complexity index is 677. The molecule has 0 saturated heterocycles. The van der Waals surface area contributed by atoms with Crippen molar-refractivity contribution in [1.29, 1.82) is 0 Å². The Kier molecular flexibility index (Phi) is 3.64. The molecule has 106 valence electrons. The van der Waals surface area contributed by atoms with E-state index >= 15 is 0 Å². The van der Waals surface area contributed by atoms with Crippen molar-refractivity contribution in [3.05, 3.63) is 39.9 Å². The van der Waals surface area contributed by atoms with Crippen molar-refractivity contribution in [3.8, 4) is 5.69 Å². The Labute approximate surface area is 123 Å². The van der Waals surface area contributed by atoms with Gasteiger partial charge in [0, 0.05) is 16.0 Å². The molecular formula is C13H13BrFN3O2. The zero-order valence-corrected chi connectivity index (χ0v) is 12.8. The Hall–Kier alpha value is -1.76. The van der Waals surface area contributed by atoms with Gasteiger partial charge in [-0.25, -0.2) is 13.9 Å². The lowest BCUT2D eigenvalue weighted by Crippen LogP contribution is -2.21. The average molecular weight is 342 g/mol. The summed E-state index contributed by atoms with van der Waals surface area (Å²) in [6.07, 6.45) is 0. The second-order valence-corrected chi connectivity index (χ2v) is 6.20. The van der Waals surface area contributed by atoms with Crippen molar-refractivity contribution in [2.24, 2.45) is 0 Å². The molecule has 0 saturated carbocycles. The van der Waals surface area contributed by atoms with E-state index in [0.717, 1.165) is 0 Å². The molecule has 0 unspecified atom stereocenters. The number of hydrogen-bond donors (Lipinski definition) is 1. The van der Waals surface area contributed by atoms with Crippen LogP contribution in [-0.4, -0.2) is 26.1 Å². The van der Waals surface area contributed by atoms with E-state index in [-0.39, 0.29) is 5.69 Å². The monoisotopic (exact) mass is 341 g/mol. The fourth-order valence-electron chi connectivity index (χ4n) is 1.92. The first kappa shape index (κ1) is 14.6. The van der Waals surface area contributed by atoms with Crippen LogP contribution >= 0.6 is 15.9 Å². The van der Waals surface area contributed by atoms with E-state index in [1.807, 2.05) is 20.8 Å². The third-order valence-electron chi connectivity index (χ3n) is 2.72. The number of halogens is 2. The summed E-state index contributed by atoms with van der Waals surface area (Å²) in [6.45, 7) is 5.55. The van der Waals surface area contributed by atoms with Gasteiger partial charge in [0.25, 0.3) is 0 Å². The summed E-state index contributed by atoms with van der Waals surface area (Å²) in [5.74, 6) is -1.59. The summed E-state index contributed by atoms with van der Waals surface area (Å²) in [6, 6.07) is 4.12. The lowest BCUT2D eigenvalue weighted by Gasteiger charge is -2.20. The molecule has 0 fully saturated rings. The van der Waals surface area contributed by atoms with Crippen LogP contribution in [0.15, 0.2) is 22.7 Å². The van der Waals surface area contributed by atoms with Crippen LogP contribution in [0.1, 0.15) is 37.0 Å². The zero-order valence-electron chi connectivity index (χ0n) is 11.2. The number of carboxylic acids is 1. The molecule has 0 aliphatic carbocycles. The highest BCUT2D eigenvalue weighted by Crippen LogP contribution is 2.30. The van der Waals surface area contributed by atoms with Gasteiger partial charge in [0.1, 0.15) is 5.82 Å². The molecule has 0 aliphatic rings. The fourth-order valence-corrected chi connectivity index (χ4v) is 2.33. The normalized spacial score (nSPS) is 11.7. The highest BCUT2D eigenvalue weighted by molar-refractivity contribution is 9.10.